The minimum atomic E-state index is 0.490. The van der Waals surface area contributed by atoms with Crippen LogP contribution in [0.1, 0.15) is 26.2 Å². The largest absolute Gasteiger partial charge is 0.328 e. The van der Waals surface area contributed by atoms with Gasteiger partial charge in [0.2, 0.25) is 0 Å². The van der Waals surface area contributed by atoms with E-state index in [4.69, 9.17) is 5.73 Å². The molecular weight excluding hydrogens is 136 g/mol. The molecule has 2 aliphatic rings. The topological polar surface area (TPSA) is 38.0 Å². The van der Waals surface area contributed by atoms with Crippen LogP contribution in [0.3, 0.4) is 0 Å². The van der Waals surface area contributed by atoms with Gasteiger partial charge >= 0.3 is 0 Å². The summed E-state index contributed by atoms with van der Waals surface area (Å²) in [5.41, 5.74) is 5.68. The van der Waals surface area contributed by atoms with Gasteiger partial charge in [0, 0.05) is 12.1 Å². The van der Waals surface area contributed by atoms with Crippen LogP contribution in [-0.4, -0.2) is 18.6 Å². The van der Waals surface area contributed by atoms with Crippen molar-refractivity contribution in [1.29, 1.82) is 0 Å². The summed E-state index contributed by atoms with van der Waals surface area (Å²) in [7, 11) is 0. The average molecular weight is 154 g/mol. The predicted molar refractivity (Wildman–Crippen MR) is 46.3 cm³/mol. The molecule has 0 aliphatic heterocycles. The van der Waals surface area contributed by atoms with E-state index in [9.17, 15) is 0 Å². The van der Waals surface area contributed by atoms with Gasteiger partial charge in [-0.3, -0.25) is 0 Å². The maximum Gasteiger partial charge on any atom is 0.00966 e. The molecule has 11 heavy (non-hydrogen) atoms. The molecule has 0 spiro atoms. The zero-order valence-electron chi connectivity index (χ0n) is 7.22. The summed E-state index contributed by atoms with van der Waals surface area (Å²) >= 11 is 0. The predicted octanol–water partition coefficient (Wildman–Crippen LogP) is 0.722. The summed E-state index contributed by atoms with van der Waals surface area (Å²) in [5.74, 6) is 1.96. The molecule has 2 heteroatoms. The lowest BCUT2D eigenvalue weighted by Gasteiger charge is -2.33. The van der Waals surface area contributed by atoms with Crippen LogP contribution in [0.4, 0.5) is 0 Å². The molecule has 2 fully saturated rings. The van der Waals surface area contributed by atoms with E-state index in [1.165, 1.54) is 25.8 Å². The second-order valence-electron chi connectivity index (χ2n) is 4.31. The first kappa shape index (κ1) is 7.56. The maximum atomic E-state index is 5.68. The van der Waals surface area contributed by atoms with Crippen LogP contribution in [-0.2, 0) is 0 Å². The number of rotatable bonds is 3. The number of hydrogen-bond acceptors (Lipinski definition) is 2. The van der Waals surface area contributed by atoms with Crippen LogP contribution in [0, 0.1) is 11.8 Å². The number of hydrogen-bond donors (Lipinski definition) is 2. The molecule has 0 heterocycles. The highest BCUT2D eigenvalue weighted by Crippen LogP contribution is 2.37. The monoisotopic (exact) mass is 154 g/mol. The van der Waals surface area contributed by atoms with Gasteiger partial charge in [-0.2, -0.15) is 0 Å². The zero-order chi connectivity index (χ0) is 7.84. The zero-order valence-corrected chi connectivity index (χ0v) is 7.22. The van der Waals surface area contributed by atoms with Crippen LogP contribution in [0.25, 0.3) is 0 Å². The molecule has 0 bridgehead atoms. The van der Waals surface area contributed by atoms with Gasteiger partial charge in [0.05, 0.1) is 0 Å². The van der Waals surface area contributed by atoms with Gasteiger partial charge in [0.15, 0.2) is 0 Å². The van der Waals surface area contributed by atoms with E-state index in [-0.39, 0.29) is 0 Å². The van der Waals surface area contributed by atoms with Crippen molar-refractivity contribution in [3.05, 3.63) is 0 Å². The van der Waals surface area contributed by atoms with Crippen molar-refractivity contribution in [3.63, 3.8) is 0 Å². The minimum absolute atomic E-state index is 0.490. The Balaban J connectivity index is 1.54. The smallest absolute Gasteiger partial charge is 0.00966 e. The standard InChI is InChI=1S/C9H18N2/c1-6-2-7(6)5-11-9-3-8(10)4-9/h6-9,11H,2-5,10H2,1H3. The molecule has 0 aromatic carbocycles. The lowest BCUT2D eigenvalue weighted by atomic mass is 9.87. The Labute approximate surface area is 68.5 Å². The third kappa shape index (κ3) is 1.74. The molecular formula is C9H18N2. The van der Waals surface area contributed by atoms with Crippen LogP contribution in [0.5, 0.6) is 0 Å². The molecule has 2 rings (SSSR count). The summed E-state index contributed by atoms with van der Waals surface area (Å²) in [6, 6.07) is 1.24. The molecule has 2 aliphatic carbocycles. The Morgan fingerprint density at radius 3 is 2.45 bits per heavy atom. The van der Waals surface area contributed by atoms with Crippen LogP contribution in [0.2, 0.25) is 0 Å². The second-order valence-corrected chi connectivity index (χ2v) is 4.31. The minimum Gasteiger partial charge on any atom is -0.328 e. The van der Waals surface area contributed by atoms with Crippen molar-refractivity contribution >= 4 is 0 Å². The Bertz CT molecular complexity index is 140. The molecule has 0 amide bonds. The van der Waals surface area contributed by atoms with Gasteiger partial charge in [0.1, 0.15) is 0 Å². The summed E-state index contributed by atoms with van der Waals surface area (Å²) in [5, 5.41) is 3.56. The van der Waals surface area contributed by atoms with Gasteiger partial charge in [-0.25, -0.2) is 0 Å². The summed E-state index contributed by atoms with van der Waals surface area (Å²) in [6.45, 7) is 3.57. The molecule has 0 radical (unpaired) electrons. The van der Waals surface area contributed by atoms with E-state index >= 15 is 0 Å². The highest BCUT2D eigenvalue weighted by Gasteiger charge is 2.34. The average Bonchev–Trinajstić information content (AvgIpc) is 2.57. The summed E-state index contributed by atoms with van der Waals surface area (Å²) < 4.78 is 0. The van der Waals surface area contributed by atoms with Crippen LogP contribution < -0.4 is 11.1 Å². The molecule has 0 aromatic heterocycles. The number of nitrogens with one attached hydrogen (secondary N) is 1. The van der Waals surface area contributed by atoms with Gasteiger partial charge in [-0.05, 0) is 37.6 Å². The van der Waals surface area contributed by atoms with Crippen molar-refractivity contribution in [3.8, 4) is 0 Å². The molecule has 0 saturated heterocycles. The first-order chi connectivity index (χ1) is 5.25. The van der Waals surface area contributed by atoms with Gasteiger partial charge < -0.3 is 11.1 Å². The first-order valence-corrected chi connectivity index (χ1v) is 4.74. The molecule has 0 aromatic rings. The summed E-state index contributed by atoms with van der Waals surface area (Å²) in [6.07, 6.45) is 3.83. The van der Waals surface area contributed by atoms with E-state index in [1.54, 1.807) is 0 Å². The lowest BCUT2D eigenvalue weighted by molar-refractivity contribution is 0.288. The normalized spacial score (nSPS) is 48.5. The fraction of sp³-hybridized carbons (Fsp3) is 1.00. The Morgan fingerprint density at radius 2 is 2.00 bits per heavy atom. The SMILES string of the molecule is CC1CC1CNC1CC(N)C1. The molecule has 2 nitrogen and oxygen atoms in total. The first-order valence-electron chi connectivity index (χ1n) is 4.74. The highest BCUT2D eigenvalue weighted by atomic mass is 15.0. The van der Waals surface area contributed by atoms with E-state index in [0.717, 1.165) is 17.9 Å². The van der Waals surface area contributed by atoms with Crippen molar-refractivity contribution < 1.29 is 0 Å². The van der Waals surface area contributed by atoms with E-state index in [2.05, 4.69) is 12.2 Å². The molecule has 2 unspecified atom stereocenters. The third-order valence-corrected chi connectivity index (χ3v) is 3.12. The molecule has 2 atom stereocenters. The Morgan fingerprint density at radius 1 is 1.36 bits per heavy atom. The fourth-order valence-corrected chi connectivity index (χ4v) is 1.83. The molecule has 64 valence electrons. The lowest BCUT2D eigenvalue weighted by Crippen LogP contribution is -2.48. The van der Waals surface area contributed by atoms with Crippen LogP contribution >= 0.6 is 0 Å². The second kappa shape index (κ2) is 2.76. The van der Waals surface area contributed by atoms with Gasteiger partial charge in [0.25, 0.3) is 0 Å². The van der Waals surface area contributed by atoms with Crippen LogP contribution in [0.15, 0.2) is 0 Å². The van der Waals surface area contributed by atoms with E-state index in [0.29, 0.717) is 6.04 Å². The van der Waals surface area contributed by atoms with Crippen molar-refractivity contribution in [2.75, 3.05) is 6.54 Å². The van der Waals surface area contributed by atoms with Gasteiger partial charge in [-0.15, -0.1) is 0 Å². The Kier molecular flexibility index (Phi) is 1.90. The van der Waals surface area contributed by atoms with Gasteiger partial charge in [-0.1, -0.05) is 6.92 Å². The van der Waals surface area contributed by atoms with E-state index in [1.807, 2.05) is 0 Å². The highest BCUT2D eigenvalue weighted by molar-refractivity contribution is 4.91. The third-order valence-electron chi connectivity index (χ3n) is 3.12. The van der Waals surface area contributed by atoms with Crippen molar-refractivity contribution in [2.45, 2.75) is 38.3 Å². The fourth-order valence-electron chi connectivity index (χ4n) is 1.83. The quantitative estimate of drug-likeness (QED) is 0.628. The molecule has 2 saturated carbocycles. The summed E-state index contributed by atoms with van der Waals surface area (Å²) in [4.78, 5) is 0. The van der Waals surface area contributed by atoms with E-state index < -0.39 is 0 Å². The van der Waals surface area contributed by atoms with Crippen molar-refractivity contribution in [2.24, 2.45) is 17.6 Å². The molecule has 3 N–H and O–H groups in total. The Hall–Kier alpha value is -0.0800. The van der Waals surface area contributed by atoms with Crippen molar-refractivity contribution in [1.82, 2.24) is 5.32 Å². The number of nitrogens with two attached hydrogens (primary N) is 1. The maximum absolute atomic E-state index is 5.68.